The maximum atomic E-state index is 13.9. The maximum absolute atomic E-state index is 13.9. The van der Waals surface area contributed by atoms with E-state index in [2.05, 4.69) is 10.6 Å². The molecular weight excluding hydrogens is 309 g/mol. The number of halogens is 1. The summed E-state index contributed by atoms with van der Waals surface area (Å²) in [5.41, 5.74) is 1.97. The van der Waals surface area contributed by atoms with E-state index in [0.717, 1.165) is 5.56 Å². The molecule has 0 aliphatic heterocycles. The van der Waals surface area contributed by atoms with E-state index in [1.165, 1.54) is 6.07 Å². The fourth-order valence-corrected chi connectivity index (χ4v) is 2.33. The Morgan fingerprint density at radius 3 is 2.50 bits per heavy atom. The zero-order valence-corrected chi connectivity index (χ0v) is 13.8. The van der Waals surface area contributed by atoms with Crippen LogP contribution < -0.4 is 15.5 Å². The second-order valence-corrected chi connectivity index (χ2v) is 5.65. The highest BCUT2D eigenvalue weighted by molar-refractivity contribution is 5.74. The quantitative estimate of drug-likeness (QED) is 0.762. The van der Waals surface area contributed by atoms with Gasteiger partial charge in [0.25, 0.3) is 0 Å². The van der Waals surface area contributed by atoms with Gasteiger partial charge in [-0.25, -0.2) is 9.18 Å². The van der Waals surface area contributed by atoms with E-state index in [0.29, 0.717) is 11.3 Å². The molecule has 2 rings (SSSR count). The van der Waals surface area contributed by atoms with Gasteiger partial charge in [0, 0.05) is 20.6 Å². The average Bonchev–Trinajstić information content (AvgIpc) is 2.58. The number of benzene rings is 2. The van der Waals surface area contributed by atoms with E-state index in [1.54, 1.807) is 31.1 Å². The molecule has 0 saturated carbocycles. The van der Waals surface area contributed by atoms with Crippen molar-refractivity contribution in [3.05, 3.63) is 65.5 Å². The topological polar surface area (TPSA) is 64.6 Å². The lowest BCUT2D eigenvalue weighted by atomic mass is 10.1. The van der Waals surface area contributed by atoms with Gasteiger partial charge in [-0.05, 0) is 23.3 Å². The molecule has 0 aromatic heterocycles. The van der Waals surface area contributed by atoms with Crippen LogP contribution in [0.3, 0.4) is 0 Å². The summed E-state index contributed by atoms with van der Waals surface area (Å²) in [6, 6.07) is 13.1. The molecule has 1 unspecified atom stereocenters. The molecule has 0 saturated heterocycles. The molecule has 5 nitrogen and oxygen atoms in total. The first-order valence-electron chi connectivity index (χ1n) is 7.67. The molecular formula is C18H22FN3O2. The molecule has 0 heterocycles. The summed E-state index contributed by atoms with van der Waals surface area (Å²) in [4.78, 5) is 13.7. The SMILES string of the molecule is CN(C)c1ccc(CNC(=O)NC(CO)c2ccccc2)cc1F. The van der Waals surface area contributed by atoms with Crippen molar-refractivity contribution in [2.45, 2.75) is 12.6 Å². The Kier molecular flexibility index (Phi) is 6.14. The number of nitrogens with one attached hydrogen (secondary N) is 2. The number of aliphatic hydroxyl groups is 1. The predicted octanol–water partition coefficient (Wildman–Crippen LogP) is 2.42. The van der Waals surface area contributed by atoms with Crippen molar-refractivity contribution in [3.63, 3.8) is 0 Å². The number of carbonyl (C=O) groups excluding carboxylic acids is 1. The maximum Gasteiger partial charge on any atom is 0.315 e. The highest BCUT2D eigenvalue weighted by atomic mass is 19.1. The zero-order chi connectivity index (χ0) is 17.5. The van der Waals surface area contributed by atoms with Crippen LogP contribution in [0.1, 0.15) is 17.2 Å². The van der Waals surface area contributed by atoms with Gasteiger partial charge < -0.3 is 20.6 Å². The summed E-state index contributed by atoms with van der Waals surface area (Å²) in [5, 5.41) is 14.8. The molecule has 0 bridgehead atoms. The Hall–Kier alpha value is -2.60. The molecule has 0 spiro atoms. The van der Waals surface area contributed by atoms with Crippen LogP contribution in [-0.2, 0) is 6.54 Å². The van der Waals surface area contributed by atoms with E-state index < -0.39 is 12.1 Å². The molecule has 2 aromatic rings. The van der Waals surface area contributed by atoms with E-state index in [4.69, 9.17) is 0 Å². The number of aliphatic hydroxyl groups excluding tert-OH is 1. The summed E-state index contributed by atoms with van der Waals surface area (Å²) in [7, 11) is 3.53. The summed E-state index contributed by atoms with van der Waals surface area (Å²) < 4.78 is 13.9. The number of carbonyl (C=O) groups is 1. The number of rotatable bonds is 6. The van der Waals surface area contributed by atoms with Gasteiger partial charge in [-0.2, -0.15) is 0 Å². The number of urea groups is 1. The number of hydrogen-bond acceptors (Lipinski definition) is 3. The van der Waals surface area contributed by atoms with Crippen molar-refractivity contribution in [3.8, 4) is 0 Å². The summed E-state index contributed by atoms with van der Waals surface area (Å²) in [5.74, 6) is -0.336. The Balaban J connectivity index is 1.92. The minimum absolute atomic E-state index is 0.198. The monoisotopic (exact) mass is 331 g/mol. The molecule has 2 amide bonds. The van der Waals surface area contributed by atoms with Gasteiger partial charge in [-0.15, -0.1) is 0 Å². The van der Waals surface area contributed by atoms with Gasteiger partial charge >= 0.3 is 6.03 Å². The first-order chi connectivity index (χ1) is 11.5. The second kappa shape index (κ2) is 8.31. The molecule has 0 aliphatic rings. The van der Waals surface area contributed by atoms with Crippen molar-refractivity contribution >= 4 is 11.7 Å². The van der Waals surface area contributed by atoms with E-state index in [9.17, 15) is 14.3 Å². The third kappa shape index (κ3) is 4.70. The van der Waals surface area contributed by atoms with Crippen LogP contribution in [0.4, 0.5) is 14.9 Å². The molecule has 128 valence electrons. The summed E-state index contributed by atoms with van der Waals surface area (Å²) in [6.07, 6.45) is 0. The molecule has 0 aliphatic carbocycles. The fourth-order valence-electron chi connectivity index (χ4n) is 2.33. The van der Waals surface area contributed by atoms with Gasteiger partial charge in [0.05, 0.1) is 18.3 Å². The van der Waals surface area contributed by atoms with Crippen LogP contribution in [0, 0.1) is 5.82 Å². The second-order valence-electron chi connectivity index (χ2n) is 5.65. The highest BCUT2D eigenvalue weighted by Gasteiger charge is 2.13. The minimum atomic E-state index is -0.487. The molecule has 6 heteroatoms. The standard InChI is InChI=1S/C18H22FN3O2/c1-22(2)17-9-8-13(10-15(17)19)11-20-18(24)21-16(12-23)14-6-4-3-5-7-14/h3-10,16,23H,11-12H2,1-2H3,(H2,20,21,24). The van der Waals surface area contributed by atoms with Crippen LogP contribution >= 0.6 is 0 Å². The molecule has 0 radical (unpaired) electrons. The minimum Gasteiger partial charge on any atom is -0.394 e. The van der Waals surface area contributed by atoms with Crippen molar-refractivity contribution in [1.29, 1.82) is 0 Å². The molecule has 0 fully saturated rings. The van der Waals surface area contributed by atoms with Gasteiger partial charge in [-0.1, -0.05) is 36.4 Å². The van der Waals surface area contributed by atoms with Gasteiger partial charge in [0.1, 0.15) is 5.82 Å². The highest BCUT2D eigenvalue weighted by Crippen LogP contribution is 2.18. The lowest BCUT2D eigenvalue weighted by Crippen LogP contribution is -2.38. The van der Waals surface area contributed by atoms with Gasteiger partial charge in [-0.3, -0.25) is 0 Å². The largest absolute Gasteiger partial charge is 0.394 e. The number of hydrogen-bond donors (Lipinski definition) is 3. The zero-order valence-electron chi connectivity index (χ0n) is 13.8. The van der Waals surface area contributed by atoms with Crippen LogP contribution in [-0.4, -0.2) is 31.8 Å². The Bertz CT molecular complexity index is 677. The first kappa shape index (κ1) is 17.7. The predicted molar refractivity (Wildman–Crippen MR) is 92.4 cm³/mol. The van der Waals surface area contributed by atoms with Gasteiger partial charge in [0.2, 0.25) is 0 Å². The molecule has 24 heavy (non-hydrogen) atoms. The van der Waals surface area contributed by atoms with Crippen LogP contribution in [0.15, 0.2) is 48.5 Å². The van der Waals surface area contributed by atoms with E-state index >= 15 is 0 Å². The molecule has 3 N–H and O–H groups in total. The van der Waals surface area contributed by atoms with Crippen molar-refractivity contribution in [2.75, 3.05) is 25.6 Å². The normalized spacial score (nSPS) is 11.7. The van der Waals surface area contributed by atoms with Crippen molar-refractivity contribution < 1.29 is 14.3 Å². The average molecular weight is 331 g/mol. The Morgan fingerprint density at radius 1 is 1.21 bits per heavy atom. The van der Waals surface area contributed by atoms with Crippen LogP contribution in [0.2, 0.25) is 0 Å². The van der Waals surface area contributed by atoms with Crippen LogP contribution in [0.25, 0.3) is 0 Å². The van der Waals surface area contributed by atoms with E-state index in [1.807, 2.05) is 30.3 Å². The molecule has 2 aromatic carbocycles. The van der Waals surface area contributed by atoms with Gasteiger partial charge in [0.15, 0.2) is 0 Å². The third-order valence-corrected chi connectivity index (χ3v) is 3.64. The fraction of sp³-hybridized carbons (Fsp3) is 0.278. The number of nitrogens with zero attached hydrogens (tertiary/aromatic N) is 1. The Morgan fingerprint density at radius 2 is 1.92 bits per heavy atom. The van der Waals surface area contributed by atoms with Crippen LogP contribution in [0.5, 0.6) is 0 Å². The lowest BCUT2D eigenvalue weighted by molar-refractivity contribution is 0.216. The van der Waals surface area contributed by atoms with Crippen molar-refractivity contribution in [1.82, 2.24) is 10.6 Å². The molecule has 1 atom stereocenters. The van der Waals surface area contributed by atoms with E-state index in [-0.39, 0.29) is 19.0 Å². The lowest BCUT2D eigenvalue weighted by Gasteiger charge is -2.18. The van der Waals surface area contributed by atoms with Crippen molar-refractivity contribution in [2.24, 2.45) is 0 Å². The summed E-state index contributed by atoms with van der Waals surface area (Å²) in [6.45, 7) is -0.00695. The number of amides is 2. The third-order valence-electron chi connectivity index (χ3n) is 3.64. The Labute approximate surface area is 141 Å². The number of anilines is 1. The first-order valence-corrected chi connectivity index (χ1v) is 7.67. The smallest absolute Gasteiger partial charge is 0.315 e. The summed E-state index contributed by atoms with van der Waals surface area (Å²) >= 11 is 0.